The van der Waals surface area contributed by atoms with Crippen molar-refractivity contribution < 1.29 is 4.39 Å². The first kappa shape index (κ1) is 15.0. The molecule has 1 aliphatic rings. The van der Waals surface area contributed by atoms with Crippen molar-refractivity contribution in [2.45, 2.75) is 32.7 Å². The standard InChI is InChI=1S/C21H19FN2/c1-14-5-7-20-18(9-14)19-11-15(12-23)6-8-21(19)24(20)13-16-3-2-4-17(22)10-16/h2-4,6,8,10-11,14H,5,7,9,13H2,1H3. The quantitative estimate of drug-likeness (QED) is 0.665. The fourth-order valence-electron chi connectivity index (χ4n) is 3.89. The van der Waals surface area contributed by atoms with E-state index in [0.717, 1.165) is 23.9 Å². The first-order valence-corrected chi connectivity index (χ1v) is 8.44. The van der Waals surface area contributed by atoms with Crippen LogP contribution in [-0.4, -0.2) is 4.57 Å². The molecule has 2 aromatic carbocycles. The Kier molecular flexibility index (Phi) is 3.61. The van der Waals surface area contributed by atoms with E-state index in [0.29, 0.717) is 18.0 Å². The van der Waals surface area contributed by atoms with Crippen LogP contribution in [0.3, 0.4) is 0 Å². The molecule has 1 aromatic heterocycles. The van der Waals surface area contributed by atoms with Crippen LogP contribution >= 0.6 is 0 Å². The molecule has 1 atom stereocenters. The third-order valence-electron chi connectivity index (χ3n) is 5.07. The van der Waals surface area contributed by atoms with Gasteiger partial charge in [0.25, 0.3) is 0 Å². The van der Waals surface area contributed by atoms with Gasteiger partial charge in [0.2, 0.25) is 0 Å². The third kappa shape index (κ3) is 2.49. The number of benzene rings is 2. The van der Waals surface area contributed by atoms with Crippen molar-refractivity contribution in [3.63, 3.8) is 0 Å². The van der Waals surface area contributed by atoms with Crippen molar-refractivity contribution in [1.82, 2.24) is 4.57 Å². The summed E-state index contributed by atoms with van der Waals surface area (Å²) >= 11 is 0. The molecule has 3 heteroatoms. The molecule has 0 aliphatic heterocycles. The maximum absolute atomic E-state index is 13.6. The van der Waals surface area contributed by atoms with Crippen LogP contribution in [0.15, 0.2) is 42.5 Å². The summed E-state index contributed by atoms with van der Waals surface area (Å²) in [5.41, 5.74) is 5.54. The molecule has 2 nitrogen and oxygen atoms in total. The van der Waals surface area contributed by atoms with Crippen LogP contribution in [0.5, 0.6) is 0 Å². The summed E-state index contributed by atoms with van der Waals surface area (Å²) in [5.74, 6) is 0.467. The van der Waals surface area contributed by atoms with Gasteiger partial charge < -0.3 is 4.57 Å². The minimum atomic E-state index is -0.196. The maximum atomic E-state index is 13.6. The van der Waals surface area contributed by atoms with Crippen molar-refractivity contribution in [3.05, 3.63) is 70.7 Å². The molecule has 0 fully saturated rings. The predicted molar refractivity (Wildman–Crippen MR) is 93.3 cm³/mol. The van der Waals surface area contributed by atoms with E-state index >= 15 is 0 Å². The van der Waals surface area contributed by atoms with Gasteiger partial charge in [-0.05, 0) is 66.6 Å². The summed E-state index contributed by atoms with van der Waals surface area (Å²) in [4.78, 5) is 0. The van der Waals surface area contributed by atoms with Gasteiger partial charge >= 0.3 is 0 Å². The van der Waals surface area contributed by atoms with Gasteiger partial charge in [-0.3, -0.25) is 0 Å². The molecule has 0 N–H and O–H groups in total. The van der Waals surface area contributed by atoms with Crippen molar-refractivity contribution >= 4 is 10.9 Å². The normalized spacial score (nSPS) is 16.8. The minimum absolute atomic E-state index is 0.196. The zero-order chi connectivity index (χ0) is 16.7. The highest BCUT2D eigenvalue weighted by Gasteiger charge is 2.23. The number of hydrogen-bond donors (Lipinski definition) is 0. The van der Waals surface area contributed by atoms with Crippen LogP contribution in [0.4, 0.5) is 4.39 Å². The van der Waals surface area contributed by atoms with E-state index < -0.39 is 0 Å². The Labute approximate surface area is 141 Å². The van der Waals surface area contributed by atoms with E-state index in [-0.39, 0.29) is 5.82 Å². The predicted octanol–water partition coefficient (Wildman–Crippen LogP) is 4.83. The molecule has 0 bridgehead atoms. The van der Waals surface area contributed by atoms with Gasteiger partial charge in [-0.15, -0.1) is 0 Å². The van der Waals surface area contributed by atoms with Crippen LogP contribution < -0.4 is 0 Å². The Morgan fingerprint density at radius 2 is 2.12 bits per heavy atom. The minimum Gasteiger partial charge on any atom is -0.340 e. The van der Waals surface area contributed by atoms with Gasteiger partial charge in [0.1, 0.15) is 5.82 Å². The van der Waals surface area contributed by atoms with E-state index in [9.17, 15) is 9.65 Å². The van der Waals surface area contributed by atoms with Crippen LogP contribution in [0.25, 0.3) is 10.9 Å². The first-order chi connectivity index (χ1) is 11.7. The lowest BCUT2D eigenvalue weighted by molar-refractivity contribution is 0.488. The lowest BCUT2D eigenvalue weighted by Crippen LogP contribution is -2.14. The Morgan fingerprint density at radius 1 is 1.25 bits per heavy atom. The van der Waals surface area contributed by atoms with E-state index in [2.05, 4.69) is 17.6 Å². The summed E-state index contributed by atoms with van der Waals surface area (Å²) in [5, 5.41) is 10.4. The van der Waals surface area contributed by atoms with Crippen molar-refractivity contribution in [1.29, 1.82) is 5.26 Å². The summed E-state index contributed by atoms with van der Waals surface area (Å²) in [7, 11) is 0. The highest BCUT2D eigenvalue weighted by atomic mass is 19.1. The van der Waals surface area contributed by atoms with Crippen LogP contribution in [-0.2, 0) is 19.4 Å². The molecule has 0 amide bonds. The Morgan fingerprint density at radius 3 is 2.92 bits per heavy atom. The lowest BCUT2D eigenvalue weighted by Gasteiger charge is -2.21. The molecule has 0 radical (unpaired) electrons. The van der Waals surface area contributed by atoms with E-state index in [1.807, 2.05) is 24.3 Å². The molecule has 1 aliphatic carbocycles. The monoisotopic (exact) mass is 318 g/mol. The van der Waals surface area contributed by atoms with Crippen molar-refractivity contribution in [2.75, 3.05) is 0 Å². The second-order valence-corrected chi connectivity index (χ2v) is 6.83. The number of nitrogens with zero attached hydrogens (tertiary/aromatic N) is 2. The second kappa shape index (κ2) is 5.79. The summed E-state index contributed by atoms with van der Waals surface area (Å²) in [6.45, 7) is 2.96. The molecule has 0 saturated heterocycles. The molecular weight excluding hydrogens is 299 g/mol. The second-order valence-electron chi connectivity index (χ2n) is 6.83. The van der Waals surface area contributed by atoms with Gasteiger partial charge in [-0.2, -0.15) is 5.26 Å². The Balaban J connectivity index is 1.90. The number of halogens is 1. The van der Waals surface area contributed by atoms with E-state index in [1.165, 1.54) is 29.1 Å². The fraction of sp³-hybridized carbons (Fsp3) is 0.286. The molecular formula is C21H19FN2. The smallest absolute Gasteiger partial charge is 0.123 e. The molecule has 0 spiro atoms. The zero-order valence-corrected chi connectivity index (χ0v) is 13.7. The molecule has 0 saturated carbocycles. The van der Waals surface area contributed by atoms with Crippen LogP contribution in [0, 0.1) is 23.1 Å². The van der Waals surface area contributed by atoms with Gasteiger partial charge in [-0.25, -0.2) is 4.39 Å². The average Bonchev–Trinajstić information content (AvgIpc) is 2.87. The van der Waals surface area contributed by atoms with E-state index in [1.54, 1.807) is 12.1 Å². The number of rotatable bonds is 2. The SMILES string of the molecule is CC1CCc2c(c3cc(C#N)ccc3n2Cc2cccc(F)c2)C1. The Bertz CT molecular complexity index is 962. The third-order valence-corrected chi connectivity index (χ3v) is 5.07. The average molecular weight is 318 g/mol. The van der Waals surface area contributed by atoms with Gasteiger partial charge in [0.05, 0.1) is 11.6 Å². The van der Waals surface area contributed by atoms with Gasteiger partial charge in [0.15, 0.2) is 0 Å². The maximum Gasteiger partial charge on any atom is 0.123 e. The molecule has 3 aromatic rings. The summed E-state index contributed by atoms with van der Waals surface area (Å²) < 4.78 is 15.9. The first-order valence-electron chi connectivity index (χ1n) is 8.44. The highest BCUT2D eigenvalue weighted by Crippen LogP contribution is 2.35. The van der Waals surface area contributed by atoms with Crippen molar-refractivity contribution in [2.24, 2.45) is 5.92 Å². The molecule has 4 rings (SSSR count). The lowest BCUT2D eigenvalue weighted by atomic mass is 9.87. The molecule has 1 heterocycles. The number of fused-ring (bicyclic) bond motifs is 3. The highest BCUT2D eigenvalue weighted by molar-refractivity contribution is 5.87. The van der Waals surface area contributed by atoms with Gasteiger partial charge in [0, 0.05) is 23.1 Å². The zero-order valence-electron chi connectivity index (χ0n) is 13.7. The van der Waals surface area contributed by atoms with E-state index in [4.69, 9.17) is 0 Å². The Hall–Kier alpha value is -2.60. The molecule has 1 unspecified atom stereocenters. The summed E-state index contributed by atoms with van der Waals surface area (Å²) in [6.07, 6.45) is 3.27. The van der Waals surface area contributed by atoms with Crippen LogP contribution in [0.1, 0.15) is 35.7 Å². The van der Waals surface area contributed by atoms with Gasteiger partial charge in [-0.1, -0.05) is 19.1 Å². The van der Waals surface area contributed by atoms with Crippen LogP contribution in [0.2, 0.25) is 0 Å². The molecule has 120 valence electrons. The number of aromatic nitrogens is 1. The number of nitriles is 1. The fourth-order valence-corrected chi connectivity index (χ4v) is 3.89. The topological polar surface area (TPSA) is 28.7 Å². The summed E-state index contributed by atoms with van der Waals surface area (Å²) in [6, 6.07) is 15.0. The number of hydrogen-bond acceptors (Lipinski definition) is 1. The largest absolute Gasteiger partial charge is 0.340 e. The van der Waals surface area contributed by atoms with Crippen molar-refractivity contribution in [3.8, 4) is 6.07 Å². The molecule has 24 heavy (non-hydrogen) atoms.